The van der Waals surface area contributed by atoms with Crippen molar-refractivity contribution in [3.63, 3.8) is 0 Å². The Morgan fingerprint density at radius 2 is 1.76 bits per heavy atom. The van der Waals surface area contributed by atoms with Crippen LogP contribution in [0, 0.1) is 5.92 Å². The van der Waals surface area contributed by atoms with Crippen molar-refractivity contribution in [1.29, 1.82) is 0 Å². The molecule has 0 unspecified atom stereocenters. The molecule has 4 atom stereocenters. The van der Waals surface area contributed by atoms with Crippen LogP contribution in [-0.4, -0.2) is 119 Å². The SMILES string of the molecule is C[C@H]1Cc2c([nH]c3ccccc23)[C@H](c2ccc(N3CCC(CN4CCN5c6ccc7c(c6OC[C@@H]5C4)CN([C@@H]4CCC(=O)NC4=O)C7=O)CC3)cn2)N1CC(F)(F)F. The molecule has 10 rings (SSSR count). The molecule has 0 bridgehead atoms. The van der Waals surface area contributed by atoms with Gasteiger partial charge in [-0.1, -0.05) is 18.2 Å². The fourth-order valence-corrected chi connectivity index (χ4v) is 10.5. The number of para-hydroxylation sites is 1. The summed E-state index contributed by atoms with van der Waals surface area (Å²) < 4.78 is 48.1. The predicted octanol–water partition coefficient (Wildman–Crippen LogP) is 5.02. The van der Waals surface area contributed by atoms with Crippen LogP contribution in [0.2, 0.25) is 0 Å². The maximum atomic E-state index is 13.9. The zero-order chi connectivity index (χ0) is 39.9. The van der Waals surface area contributed by atoms with E-state index in [1.807, 2.05) is 61.7 Å². The number of benzene rings is 2. The van der Waals surface area contributed by atoms with Gasteiger partial charge in [0.25, 0.3) is 5.91 Å². The number of hydrogen-bond donors (Lipinski definition) is 2. The van der Waals surface area contributed by atoms with E-state index in [9.17, 15) is 27.6 Å². The van der Waals surface area contributed by atoms with E-state index in [-0.39, 0.29) is 30.3 Å². The monoisotopic (exact) mass is 796 g/mol. The van der Waals surface area contributed by atoms with Gasteiger partial charge in [-0.3, -0.25) is 34.5 Å². The van der Waals surface area contributed by atoms with Crippen LogP contribution >= 0.6 is 0 Å². The summed E-state index contributed by atoms with van der Waals surface area (Å²) in [6.45, 7) is 7.11. The zero-order valence-electron chi connectivity index (χ0n) is 32.4. The third-order valence-electron chi connectivity index (χ3n) is 13.4. The number of nitrogens with one attached hydrogen (secondary N) is 2. The Balaban J connectivity index is 0.766. The van der Waals surface area contributed by atoms with Gasteiger partial charge < -0.3 is 24.4 Å². The second-order valence-electron chi connectivity index (χ2n) is 16.9. The fourth-order valence-electron chi connectivity index (χ4n) is 10.5. The van der Waals surface area contributed by atoms with E-state index >= 15 is 0 Å². The summed E-state index contributed by atoms with van der Waals surface area (Å²) in [5.41, 5.74) is 6.78. The number of piperidine rings is 2. The van der Waals surface area contributed by atoms with Gasteiger partial charge in [-0.05, 0) is 74.4 Å². The van der Waals surface area contributed by atoms with E-state index in [0.717, 1.165) is 97.0 Å². The molecule has 3 fully saturated rings. The summed E-state index contributed by atoms with van der Waals surface area (Å²) in [6, 6.07) is 14.3. The number of hydrogen-bond acceptors (Lipinski definition) is 9. The molecule has 2 aromatic carbocycles. The first-order chi connectivity index (χ1) is 28.0. The van der Waals surface area contributed by atoms with Gasteiger partial charge in [-0.2, -0.15) is 13.2 Å². The topological polar surface area (TPSA) is 117 Å². The molecule has 58 heavy (non-hydrogen) atoms. The van der Waals surface area contributed by atoms with Crippen LogP contribution in [-0.2, 0) is 22.6 Å². The standard InChI is InChI=1S/C43H47F3N8O4/c1-25-18-31-29-4-2-3-5-33(29)48-38(31)39(54(25)24-43(44,45)46)34-8-6-27(19-47-34)51-14-12-26(13-15-51)20-50-16-17-52-28(21-50)23-58-40-32-22-53(36-10-11-37(55)49-41(36)56)42(57)30(32)7-9-35(40)52/h2-9,19,25-26,28,36,39,48H,10-18,20-24H2,1H3,(H,49,55,56)/t25-,28-,36+,39-/m0/s1. The van der Waals surface area contributed by atoms with Crippen LogP contribution in [0.1, 0.15) is 71.5 Å². The molecular weight excluding hydrogens is 750 g/mol. The Kier molecular flexibility index (Phi) is 9.15. The van der Waals surface area contributed by atoms with Crippen molar-refractivity contribution >= 4 is 40.0 Å². The lowest BCUT2D eigenvalue weighted by molar-refractivity contribution is -0.155. The number of rotatable bonds is 6. The van der Waals surface area contributed by atoms with E-state index in [1.54, 1.807) is 4.90 Å². The van der Waals surface area contributed by atoms with Crippen molar-refractivity contribution in [3.05, 3.63) is 82.8 Å². The number of anilines is 2. The zero-order valence-corrected chi connectivity index (χ0v) is 32.4. The van der Waals surface area contributed by atoms with Gasteiger partial charge in [-0.25, -0.2) is 0 Å². The maximum Gasteiger partial charge on any atom is 0.401 e. The van der Waals surface area contributed by atoms with Gasteiger partial charge in [0.05, 0.1) is 48.4 Å². The number of halogens is 3. The van der Waals surface area contributed by atoms with E-state index in [2.05, 4.69) is 25.0 Å². The molecule has 0 saturated carbocycles. The number of aromatic amines is 1. The van der Waals surface area contributed by atoms with Crippen LogP contribution in [0.4, 0.5) is 24.5 Å². The number of alkyl halides is 3. The molecule has 15 heteroatoms. The molecule has 2 aromatic heterocycles. The van der Waals surface area contributed by atoms with E-state index in [1.165, 1.54) is 4.90 Å². The number of aromatic nitrogens is 2. The highest BCUT2D eigenvalue weighted by Crippen LogP contribution is 2.45. The summed E-state index contributed by atoms with van der Waals surface area (Å²) in [4.78, 5) is 56.4. The number of pyridine rings is 1. The maximum absolute atomic E-state index is 13.9. The molecule has 2 N–H and O–H groups in total. The highest BCUT2D eigenvalue weighted by atomic mass is 19.4. The highest BCUT2D eigenvalue weighted by Gasteiger charge is 2.45. The largest absolute Gasteiger partial charge is 0.489 e. The van der Waals surface area contributed by atoms with Crippen molar-refractivity contribution in [2.24, 2.45) is 5.92 Å². The van der Waals surface area contributed by atoms with Crippen LogP contribution in [0.15, 0.2) is 54.7 Å². The molecule has 0 radical (unpaired) electrons. The molecule has 6 aliphatic heterocycles. The van der Waals surface area contributed by atoms with E-state index in [0.29, 0.717) is 43.2 Å². The van der Waals surface area contributed by atoms with E-state index < -0.39 is 30.7 Å². The van der Waals surface area contributed by atoms with Gasteiger partial charge in [0.15, 0.2) is 0 Å². The number of fused-ring (bicyclic) bond motifs is 8. The van der Waals surface area contributed by atoms with Crippen LogP contribution in [0.5, 0.6) is 5.75 Å². The number of amides is 3. The molecule has 12 nitrogen and oxygen atoms in total. The molecule has 6 aliphatic rings. The number of carbonyl (C=O) groups is 3. The molecule has 3 saturated heterocycles. The van der Waals surface area contributed by atoms with Crippen molar-refractivity contribution in [2.75, 3.05) is 62.2 Å². The van der Waals surface area contributed by atoms with Crippen LogP contribution in [0.3, 0.4) is 0 Å². The average Bonchev–Trinajstić information content (AvgIpc) is 3.74. The van der Waals surface area contributed by atoms with Gasteiger partial charge in [-0.15, -0.1) is 0 Å². The van der Waals surface area contributed by atoms with Crippen LogP contribution < -0.4 is 19.9 Å². The Morgan fingerprint density at radius 1 is 0.931 bits per heavy atom. The van der Waals surface area contributed by atoms with Gasteiger partial charge in [0.2, 0.25) is 11.8 Å². The predicted molar refractivity (Wildman–Crippen MR) is 211 cm³/mol. The van der Waals surface area contributed by atoms with Crippen molar-refractivity contribution in [1.82, 2.24) is 30.0 Å². The Hall–Kier alpha value is -5.15. The second-order valence-corrected chi connectivity index (χ2v) is 16.9. The number of piperazine rings is 1. The minimum atomic E-state index is -4.34. The number of ether oxygens (including phenoxy) is 1. The highest BCUT2D eigenvalue weighted by molar-refractivity contribution is 6.06. The quantitative estimate of drug-likeness (QED) is 0.260. The summed E-state index contributed by atoms with van der Waals surface area (Å²) in [5.74, 6) is 0.352. The number of H-pyrrole nitrogens is 1. The smallest absolute Gasteiger partial charge is 0.401 e. The molecule has 0 spiro atoms. The molecule has 304 valence electrons. The van der Waals surface area contributed by atoms with Gasteiger partial charge in [0.1, 0.15) is 18.4 Å². The fraction of sp³-hybridized carbons (Fsp3) is 0.488. The van der Waals surface area contributed by atoms with E-state index in [4.69, 9.17) is 9.72 Å². The van der Waals surface area contributed by atoms with Crippen molar-refractivity contribution < 1.29 is 32.3 Å². The third-order valence-corrected chi connectivity index (χ3v) is 13.4. The molecular formula is C43H47F3N8O4. The Morgan fingerprint density at radius 3 is 2.53 bits per heavy atom. The lowest BCUT2D eigenvalue weighted by atomic mass is 9.90. The van der Waals surface area contributed by atoms with Crippen molar-refractivity contribution in [3.8, 4) is 5.75 Å². The lowest BCUT2D eigenvalue weighted by Gasteiger charge is -2.47. The lowest BCUT2D eigenvalue weighted by Crippen LogP contribution is -2.58. The molecule has 0 aliphatic carbocycles. The van der Waals surface area contributed by atoms with Gasteiger partial charge >= 0.3 is 6.18 Å². The van der Waals surface area contributed by atoms with Crippen LogP contribution in [0.25, 0.3) is 10.9 Å². The third kappa shape index (κ3) is 6.55. The molecule has 3 amide bonds. The number of carbonyl (C=O) groups excluding carboxylic acids is 3. The average molecular weight is 797 g/mol. The van der Waals surface area contributed by atoms with Gasteiger partial charge in [0, 0.05) is 79.5 Å². The minimum Gasteiger partial charge on any atom is -0.489 e. The first kappa shape index (κ1) is 37.1. The Bertz CT molecular complexity index is 2270. The first-order valence-electron chi connectivity index (χ1n) is 20.5. The Labute approximate surface area is 334 Å². The second kappa shape index (κ2) is 14.3. The number of nitrogens with zero attached hydrogens (tertiary/aromatic N) is 6. The first-order valence-corrected chi connectivity index (χ1v) is 20.5. The summed E-state index contributed by atoms with van der Waals surface area (Å²) in [5, 5.41) is 3.43. The number of imide groups is 1. The van der Waals surface area contributed by atoms with Crippen molar-refractivity contribution in [2.45, 2.75) is 75.9 Å². The molecule has 4 aromatic rings. The molecule has 8 heterocycles. The normalized spacial score (nSPS) is 25.7. The summed E-state index contributed by atoms with van der Waals surface area (Å²) in [6.07, 6.45) is 0.647. The summed E-state index contributed by atoms with van der Waals surface area (Å²) >= 11 is 0. The summed E-state index contributed by atoms with van der Waals surface area (Å²) in [7, 11) is 0. The minimum absolute atomic E-state index is 0.187.